The van der Waals surface area contributed by atoms with Gasteiger partial charge in [0, 0.05) is 21.9 Å². The van der Waals surface area contributed by atoms with E-state index in [0.717, 1.165) is 40.4 Å². The van der Waals surface area contributed by atoms with Crippen LogP contribution in [0.25, 0.3) is 0 Å². The summed E-state index contributed by atoms with van der Waals surface area (Å²) in [6.45, 7) is 2.01. The van der Waals surface area contributed by atoms with E-state index < -0.39 is 0 Å². The van der Waals surface area contributed by atoms with Crippen LogP contribution in [0.5, 0.6) is 5.88 Å². The van der Waals surface area contributed by atoms with Crippen molar-refractivity contribution < 1.29 is 9.53 Å². The van der Waals surface area contributed by atoms with Crippen LogP contribution in [0.4, 0.5) is 0 Å². The second kappa shape index (κ2) is 7.96. The number of rotatable bonds is 4. The Morgan fingerprint density at radius 1 is 1.17 bits per heavy atom. The van der Waals surface area contributed by atoms with Crippen molar-refractivity contribution >= 4 is 28.5 Å². The molecule has 0 saturated heterocycles. The molecular weight excluding hydrogens is 415 g/mol. The van der Waals surface area contributed by atoms with E-state index in [0.29, 0.717) is 5.88 Å². The van der Waals surface area contributed by atoms with Crippen molar-refractivity contribution in [3.8, 4) is 5.88 Å². The Labute approximate surface area is 156 Å². The highest BCUT2D eigenvalue weighted by molar-refractivity contribution is 14.1. The average molecular weight is 436 g/mol. The summed E-state index contributed by atoms with van der Waals surface area (Å²) in [7, 11) is 0. The minimum Gasteiger partial charge on any atom is -0.474 e. The number of nitrogens with one attached hydrogen (secondary N) is 1. The predicted molar refractivity (Wildman–Crippen MR) is 102 cm³/mol. The number of nitrogens with zero attached hydrogens (tertiary/aromatic N) is 1. The van der Waals surface area contributed by atoms with Gasteiger partial charge in [0.1, 0.15) is 6.10 Å². The van der Waals surface area contributed by atoms with Gasteiger partial charge in [-0.2, -0.15) is 0 Å². The molecule has 1 aliphatic rings. The first kappa shape index (κ1) is 17.2. The van der Waals surface area contributed by atoms with Gasteiger partial charge in [-0.05, 0) is 72.9 Å². The summed E-state index contributed by atoms with van der Waals surface area (Å²) in [6, 6.07) is 11.8. The number of aromatic nitrogens is 1. The lowest BCUT2D eigenvalue weighted by atomic mass is 9.92. The van der Waals surface area contributed by atoms with E-state index in [1.54, 1.807) is 0 Å². The third-order valence-electron chi connectivity index (χ3n) is 4.30. The number of carbonyl (C=O) groups excluding carboxylic acids is 1. The van der Waals surface area contributed by atoms with E-state index >= 15 is 0 Å². The molecule has 1 aliphatic carbocycles. The van der Waals surface area contributed by atoms with Crippen molar-refractivity contribution in [2.75, 3.05) is 0 Å². The van der Waals surface area contributed by atoms with Crippen molar-refractivity contribution in [2.45, 2.75) is 44.8 Å². The smallest absolute Gasteiger partial charge is 0.252 e. The number of hydrogen-bond donors (Lipinski definition) is 1. The number of carbonyl (C=O) groups is 1. The first-order chi connectivity index (χ1) is 11.6. The SMILES string of the molecule is Cc1ccc(OC2CCC(NC(=O)c3ccccc3I)CC2)nc1. The van der Waals surface area contributed by atoms with Crippen LogP contribution in [0.1, 0.15) is 41.6 Å². The number of benzene rings is 1. The van der Waals surface area contributed by atoms with Crippen LogP contribution in [-0.4, -0.2) is 23.0 Å². The van der Waals surface area contributed by atoms with Gasteiger partial charge in [-0.1, -0.05) is 18.2 Å². The van der Waals surface area contributed by atoms with E-state index in [9.17, 15) is 4.79 Å². The van der Waals surface area contributed by atoms with Crippen LogP contribution in [0.3, 0.4) is 0 Å². The lowest BCUT2D eigenvalue weighted by Crippen LogP contribution is -2.40. The van der Waals surface area contributed by atoms with E-state index in [1.807, 2.05) is 49.5 Å². The topological polar surface area (TPSA) is 51.2 Å². The Kier molecular flexibility index (Phi) is 5.71. The Balaban J connectivity index is 1.49. The van der Waals surface area contributed by atoms with Gasteiger partial charge < -0.3 is 10.1 Å². The minimum absolute atomic E-state index is 0.0181. The van der Waals surface area contributed by atoms with E-state index in [4.69, 9.17) is 4.74 Å². The minimum atomic E-state index is 0.0181. The number of ether oxygens (including phenoxy) is 1. The molecule has 0 bridgehead atoms. The standard InChI is InChI=1S/C19H21IN2O2/c1-13-6-11-18(21-12-13)24-15-9-7-14(8-10-15)22-19(23)16-4-2-3-5-17(16)20/h2-6,11-12,14-15H,7-10H2,1H3,(H,22,23). The fourth-order valence-electron chi connectivity index (χ4n) is 2.93. The summed E-state index contributed by atoms with van der Waals surface area (Å²) in [5.74, 6) is 0.705. The molecule has 1 heterocycles. The van der Waals surface area contributed by atoms with Gasteiger partial charge >= 0.3 is 0 Å². The van der Waals surface area contributed by atoms with Crippen LogP contribution in [0.2, 0.25) is 0 Å². The molecule has 126 valence electrons. The van der Waals surface area contributed by atoms with E-state index in [-0.39, 0.29) is 18.1 Å². The Morgan fingerprint density at radius 3 is 2.58 bits per heavy atom. The Hall–Kier alpha value is -1.63. The maximum absolute atomic E-state index is 12.4. The van der Waals surface area contributed by atoms with Gasteiger partial charge in [0.2, 0.25) is 5.88 Å². The number of halogens is 1. The molecule has 24 heavy (non-hydrogen) atoms. The number of hydrogen-bond acceptors (Lipinski definition) is 3. The van der Waals surface area contributed by atoms with E-state index in [1.165, 1.54) is 0 Å². The van der Waals surface area contributed by atoms with Crippen molar-refractivity contribution in [1.82, 2.24) is 10.3 Å². The van der Waals surface area contributed by atoms with Crippen molar-refractivity contribution in [3.63, 3.8) is 0 Å². The normalized spacial score (nSPS) is 20.4. The lowest BCUT2D eigenvalue weighted by molar-refractivity contribution is 0.0889. The quantitative estimate of drug-likeness (QED) is 0.734. The molecule has 0 radical (unpaired) electrons. The molecule has 1 saturated carbocycles. The summed E-state index contributed by atoms with van der Waals surface area (Å²) in [5, 5.41) is 3.15. The highest BCUT2D eigenvalue weighted by atomic mass is 127. The largest absolute Gasteiger partial charge is 0.474 e. The highest BCUT2D eigenvalue weighted by Crippen LogP contribution is 2.23. The van der Waals surface area contributed by atoms with Crippen LogP contribution < -0.4 is 10.1 Å². The zero-order valence-corrected chi connectivity index (χ0v) is 15.8. The highest BCUT2D eigenvalue weighted by Gasteiger charge is 2.24. The molecule has 0 spiro atoms. The van der Waals surface area contributed by atoms with Gasteiger partial charge in [-0.3, -0.25) is 4.79 Å². The summed E-state index contributed by atoms with van der Waals surface area (Å²) < 4.78 is 6.92. The molecule has 0 unspecified atom stereocenters. The van der Waals surface area contributed by atoms with Gasteiger partial charge in [0.25, 0.3) is 5.91 Å². The first-order valence-electron chi connectivity index (χ1n) is 8.26. The summed E-state index contributed by atoms with van der Waals surface area (Å²) >= 11 is 2.20. The molecule has 1 aromatic carbocycles. The lowest BCUT2D eigenvalue weighted by Gasteiger charge is -2.29. The maximum atomic E-state index is 12.4. The zero-order valence-electron chi connectivity index (χ0n) is 13.7. The molecule has 1 fully saturated rings. The molecule has 2 aromatic rings. The van der Waals surface area contributed by atoms with Crippen LogP contribution in [-0.2, 0) is 0 Å². The molecule has 1 N–H and O–H groups in total. The van der Waals surface area contributed by atoms with Crippen molar-refractivity contribution in [1.29, 1.82) is 0 Å². The van der Waals surface area contributed by atoms with Gasteiger partial charge in [0.15, 0.2) is 0 Å². The monoisotopic (exact) mass is 436 g/mol. The Morgan fingerprint density at radius 2 is 1.92 bits per heavy atom. The molecule has 1 amide bonds. The summed E-state index contributed by atoms with van der Waals surface area (Å²) in [6.07, 6.45) is 5.75. The van der Waals surface area contributed by atoms with Crippen molar-refractivity contribution in [3.05, 3.63) is 57.3 Å². The van der Waals surface area contributed by atoms with Gasteiger partial charge in [-0.25, -0.2) is 4.98 Å². The molecule has 3 rings (SSSR count). The van der Waals surface area contributed by atoms with Crippen LogP contribution in [0, 0.1) is 10.5 Å². The number of aryl methyl sites for hydroxylation is 1. The van der Waals surface area contributed by atoms with Gasteiger partial charge in [0.05, 0.1) is 5.56 Å². The number of amides is 1. The third-order valence-corrected chi connectivity index (χ3v) is 5.24. The Bertz CT molecular complexity index is 695. The van der Waals surface area contributed by atoms with Gasteiger partial charge in [-0.15, -0.1) is 0 Å². The molecule has 1 aromatic heterocycles. The second-order valence-electron chi connectivity index (χ2n) is 6.22. The zero-order chi connectivity index (χ0) is 16.9. The van der Waals surface area contributed by atoms with E-state index in [2.05, 4.69) is 32.9 Å². The van der Waals surface area contributed by atoms with Crippen molar-refractivity contribution in [2.24, 2.45) is 0 Å². The second-order valence-corrected chi connectivity index (χ2v) is 7.38. The third kappa shape index (κ3) is 4.47. The van der Waals surface area contributed by atoms with Crippen LogP contribution >= 0.6 is 22.6 Å². The molecule has 0 atom stereocenters. The number of pyridine rings is 1. The predicted octanol–water partition coefficient (Wildman–Crippen LogP) is 4.11. The average Bonchev–Trinajstić information content (AvgIpc) is 2.59. The molecule has 4 nitrogen and oxygen atoms in total. The van der Waals surface area contributed by atoms with Crippen LogP contribution in [0.15, 0.2) is 42.6 Å². The summed E-state index contributed by atoms with van der Waals surface area (Å²) in [4.78, 5) is 16.7. The summed E-state index contributed by atoms with van der Waals surface area (Å²) in [5.41, 5.74) is 1.88. The fourth-order valence-corrected chi connectivity index (χ4v) is 3.56. The maximum Gasteiger partial charge on any atom is 0.252 e. The first-order valence-corrected chi connectivity index (χ1v) is 9.34. The fraction of sp³-hybridized carbons (Fsp3) is 0.368. The molecular formula is C19H21IN2O2. The molecule has 0 aliphatic heterocycles. The molecule has 5 heteroatoms.